The van der Waals surface area contributed by atoms with Gasteiger partial charge in [0.05, 0.1) is 0 Å². The Kier molecular flexibility index (Phi) is 9.35. The number of esters is 1. The van der Waals surface area contributed by atoms with Gasteiger partial charge in [-0.3, -0.25) is 14.9 Å². The molecule has 0 aliphatic heterocycles. The van der Waals surface area contributed by atoms with Crippen LogP contribution in [0.2, 0.25) is 0 Å². The summed E-state index contributed by atoms with van der Waals surface area (Å²) in [5, 5.41) is 4.55. The smallest absolute Gasteiger partial charge is 0.329 e. The van der Waals surface area contributed by atoms with E-state index in [0.717, 1.165) is 0 Å². The molecule has 8 nitrogen and oxygen atoms in total. The number of amides is 4. The van der Waals surface area contributed by atoms with Gasteiger partial charge in [0, 0.05) is 5.56 Å². The fourth-order valence-electron chi connectivity index (χ4n) is 2.21. The number of urea groups is 1. The molecular weight excluding hydrogens is 370 g/mol. The van der Waals surface area contributed by atoms with Gasteiger partial charge in [0.2, 0.25) is 0 Å². The first-order chi connectivity index (χ1) is 12.8. The SMILES string of the molecule is CSCC[C@H](NC(=O)c1ccccc1)C(=O)O[C@H](C(=O)NC(N)=O)C(C)C. The van der Waals surface area contributed by atoms with Crippen LogP contribution in [0.1, 0.15) is 30.6 Å². The third kappa shape index (κ3) is 7.69. The zero-order valence-electron chi connectivity index (χ0n) is 15.6. The van der Waals surface area contributed by atoms with Crippen LogP contribution in [0.3, 0.4) is 0 Å². The van der Waals surface area contributed by atoms with Gasteiger partial charge in [-0.05, 0) is 36.5 Å². The van der Waals surface area contributed by atoms with Crippen LogP contribution in [0, 0.1) is 5.92 Å². The summed E-state index contributed by atoms with van der Waals surface area (Å²) >= 11 is 1.51. The van der Waals surface area contributed by atoms with Crippen molar-refractivity contribution in [1.29, 1.82) is 0 Å². The standard InChI is InChI=1S/C18H25N3O5S/c1-11(2)14(16(23)21-18(19)25)26-17(24)13(9-10-27-3)20-15(22)12-7-5-4-6-8-12/h4-8,11,13-14H,9-10H2,1-3H3,(H,20,22)(H3,19,21,23,25)/t13-,14-/m0/s1. The molecule has 4 N–H and O–H groups in total. The molecule has 2 atom stereocenters. The van der Waals surface area contributed by atoms with Crippen LogP contribution in [0.15, 0.2) is 30.3 Å². The molecule has 0 bridgehead atoms. The van der Waals surface area contributed by atoms with Crippen LogP contribution >= 0.6 is 11.8 Å². The Morgan fingerprint density at radius 1 is 1.15 bits per heavy atom. The van der Waals surface area contributed by atoms with Gasteiger partial charge < -0.3 is 15.8 Å². The summed E-state index contributed by atoms with van der Waals surface area (Å²) in [7, 11) is 0. The van der Waals surface area contributed by atoms with Crippen molar-refractivity contribution in [3.63, 3.8) is 0 Å². The minimum Gasteiger partial charge on any atom is -0.450 e. The largest absolute Gasteiger partial charge is 0.450 e. The summed E-state index contributed by atoms with van der Waals surface area (Å²) in [4.78, 5) is 47.9. The normalized spacial score (nSPS) is 12.7. The molecule has 27 heavy (non-hydrogen) atoms. The van der Waals surface area contributed by atoms with Crippen molar-refractivity contribution in [2.45, 2.75) is 32.4 Å². The highest BCUT2D eigenvalue weighted by atomic mass is 32.2. The second kappa shape index (κ2) is 11.2. The van der Waals surface area contributed by atoms with Crippen molar-refractivity contribution < 1.29 is 23.9 Å². The molecule has 0 radical (unpaired) electrons. The molecule has 0 aliphatic carbocycles. The maximum atomic E-state index is 12.6. The first-order valence-electron chi connectivity index (χ1n) is 8.41. The lowest BCUT2D eigenvalue weighted by Crippen LogP contribution is -2.49. The van der Waals surface area contributed by atoms with E-state index in [1.165, 1.54) is 11.8 Å². The van der Waals surface area contributed by atoms with E-state index in [2.05, 4.69) is 5.32 Å². The first-order valence-corrected chi connectivity index (χ1v) is 9.81. The fourth-order valence-corrected chi connectivity index (χ4v) is 2.68. The molecule has 0 aromatic heterocycles. The molecule has 1 aromatic rings. The average Bonchev–Trinajstić information content (AvgIpc) is 2.62. The number of primary amides is 1. The molecule has 0 aliphatic rings. The Morgan fingerprint density at radius 2 is 1.78 bits per heavy atom. The molecule has 4 amide bonds. The molecule has 1 aromatic carbocycles. The van der Waals surface area contributed by atoms with Crippen molar-refractivity contribution in [3.8, 4) is 0 Å². The van der Waals surface area contributed by atoms with Gasteiger partial charge in [-0.15, -0.1) is 0 Å². The van der Waals surface area contributed by atoms with Crippen LogP contribution in [-0.2, 0) is 14.3 Å². The second-order valence-corrected chi connectivity index (χ2v) is 7.11. The fraction of sp³-hybridized carbons (Fsp3) is 0.444. The van der Waals surface area contributed by atoms with Gasteiger partial charge >= 0.3 is 12.0 Å². The quantitative estimate of drug-likeness (QED) is 0.541. The number of ether oxygens (including phenoxy) is 1. The Balaban J connectivity index is 2.87. The summed E-state index contributed by atoms with van der Waals surface area (Å²) in [6.07, 6.45) is 1.01. The summed E-state index contributed by atoms with van der Waals surface area (Å²) in [5.74, 6) is -1.74. The zero-order valence-corrected chi connectivity index (χ0v) is 16.4. The number of hydrogen-bond acceptors (Lipinski definition) is 6. The van der Waals surface area contributed by atoms with E-state index in [1.807, 2.05) is 11.6 Å². The molecule has 0 saturated heterocycles. The van der Waals surface area contributed by atoms with Gasteiger partial charge in [-0.2, -0.15) is 11.8 Å². The average molecular weight is 395 g/mol. The summed E-state index contributed by atoms with van der Waals surface area (Å²) in [6.45, 7) is 3.33. The number of thioether (sulfide) groups is 1. The number of rotatable bonds is 9. The van der Waals surface area contributed by atoms with Crippen LogP contribution < -0.4 is 16.4 Å². The number of carbonyl (C=O) groups is 4. The molecule has 0 saturated carbocycles. The first kappa shape index (κ1) is 22.5. The maximum Gasteiger partial charge on any atom is 0.329 e. The molecule has 0 unspecified atom stereocenters. The van der Waals surface area contributed by atoms with Crippen LogP contribution in [-0.4, -0.2) is 48.0 Å². The lowest BCUT2D eigenvalue weighted by atomic mass is 10.1. The Morgan fingerprint density at radius 3 is 2.30 bits per heavy atom. The van der Waals surface area contributed by atoms with Crippen LogP contribution in [0.5, 0.6) is 0 Å². The molecular formula is C18H25N3O5S. The minimum absolute atomic E-state index is 0.334. The van der Waals surface area contributed by atoms with Crippen molar-refractivity contribution >= 4 is 35.6 Å². The van der Waals surface area contributed by atoms with Crippen molar-refractivity contribution in [3.05, 3.63) is 35.9 Å². The molecule has 0 spiro atoms. The highest BCUT2D eigenvalue weighted by Gasteiger charge is 2.31. The topological polar surface area (TPSA) is 128 Å². The molecule has 9 heteroatoms. The van der Waals surface area contributed by atoms with E-state index >= 15 is 0 Å². The highest BCUT2D eigenvalue weighted by molar-refractivity contribution is 7.98. The maximum absolute atomic E-state index is 12.6. The van der Waals surface area contributed by atoms with E-state index in [4.69, 9.17) is 10.5 Å². The number of nitrogens with one attached hydrogen (secondary N) is 2. The third-order valence-electron chi connectivity index (χ3n) is 3.59. The van der Waals surface area contributed by atoms with Crippen molar-refractivity contribution in [2.75, 3.05) is 12.0 Å². The van der Waals surface area contributed by atoms with Crippen LogP contribution in [0.25, 0.3) is 0 Å². The Labute approximate surface area is 162 Å². The van der Waals surface area contributed by atoms with E-state index in [0.29, 0.717) is 17.7 Å². The third-order valence-corrected chi connectivity index (χ3v) is 4.23. The summed E-state index contributed by atoms with van der Waals surface area (Å²) in [5.41, 5.74) is 5.36. The van der Waals surface area contributed by atoms with Gasteiger partial charge in [0.1, 0.15) is 6.04 Å². The lowest BCUT2D eigenvalue weighted by molar-refractivity contribution is -0.160. The van der Waals surface area contributed by atoms with E-state index in [9.17, 15) is 19.2 Å². The second-order valence-electron chi connectivity index (χ2n) is 6.13. The summed E-state index contributed by atoms with van der Waals surface area (Å²) < 4.78 is 5.29. The summed E-state index contributed by atoms with van der Waals surface area (Å²) in [6, 6.07) is 6.51. The van der Waals surface area contributed by atoms with E-state index in [-0.39, 0.29) is 5.92 Å². The number of carbonyl (C=O) groups excluding carboxylic acids is 4. The predicted molar refractivity (Wildman–Crippen MR) is 103 cm³/mol. The lowest BCUT2D eigenvalue weighted by Gasteiger charge is -2.23. The predicted octanol–water partition coefficient (Wildman–Crippen LogP) is 1.30. The highest BCUT2D eigenvalue weighted by Crippen LogP contribution is 2.11. The van der Waals surface area contributed by atoms with E-state index < -0.39 is 36.0 Å². The van der Waals surface area contributed by atoms with Crippen LogP contribution in [0.4, 0.5) is 4.79 Å². The number of imide groups is 1. The van der Waals surface area contributed by atoms with Gasteiger partial charge in [-0.25, -0.2) is 9.59 Å². The minimum atomic E-state index is -1.20. The Bertz CT molecular complexity index is 666. The van der Waals surface area contributed by atoms with Crippen molar-refractivity contribution in [2.24, 2.45) is 11.7 Å². The molecule has 148 valence electrons. The van der Waals surface area contributed by atoms with E-state index in [1.54, 1.807) is 44.2 Å². The molecule has 0 heterocycles. The monoisotopic (exact) mass is 395 g/mol. The molecule has 0 fully saturated rings. The van der Waals surface area contributed by atoms with Gasteiger partial charge in [0.25, 0.3) is 11.8 Å². The van der Waals surface area contributed by atoms with Gasteiger partial charge in [0.15, 0.2) is 6.10 Å². The number of benzene rings is 1. The van der Waals surface area contributed by atoms with Crippen molar-refractivity contribution in [1.82, 2.24) is 10.6 Å². The zero-order chi connectivity index (χ0) is 20.4. The Hall–Kier alpha value is -2.55. The molecule has 1 rings (SSSR count). The van der Waals surface area contributed by atoms with Gasteiger partial charge in [-0.1, -0.05) is 32.0 Å². The number of hydrogen-bond donors (Lipinski definition) is 3. The number of nitrogens with two attached hydrogens (primary N) is 1.